The summed E-state index contributed by atoms with van der Waals surface area (Å²) in [5.74, 6) is 5.25. The first-order valence-electron chi connectivity index (χ1n) is 6.33. The molecule has 0 saturated carbocycles. The topological polar surface area (TPSA) is 107 Å². The molecule has 0 radical (unpaired) electrons. The van der Waals surface area contributed by atoms with Crippen molar-refractivity contribution in [2.45, 2.75) is 33.1 Å². The summed E-state index contributed by atoms with van der Waals surface area (Å²) in [6.07, 6.45) is 1.66. The van der Waals surface area contributed by atoms with E-state index < -0.39 is 4.92 Å². The molecule has 0 fully saturated rings. The average molecular weight is 281 g/mol. The molecule has 0 unspecified atom stereocenters. The van der Waals surface area contributed by atoms with Gasteiger partial charge in [0.1, 0.15) is 5.75 Å². The molecule has 0 atom stereocenters. The fourth-order valence-corrected chi connectivity index (χ4v) is 1.82. The zero-order valence-corrected chi connectivity index (χ0v) is 11.6. The molecule has 0 aliphatic rings. The second-order valence-corrected chi connectivity index (χ2v) is 4.53. The van der Waals surface area contributed by atoms with Gasteiger partial charge >= 0.3 is 0 Å². The SMILES string of the molecule is Cc1cc(C)c([N+](=O)[O-])cc1OCCCCC(=O)NN. The van der Waals surface area contributed by atoms with Crippen molar-refractivity contribution in [3.63, 3.8) is 0 Å². The molecule has 0 saturated heterocycles. The second-order valence-electron chi connectivity index (χ2n) is 4.53. The van der Waals surface area contributed by atoms with Gasteiger partial charge in [0.05, 0.1) is 17.6 Å². The number of hydrogen-bond acceptors (Lipinski definition) is 5. The van der Waals surface area contributed by atoms with E-state index in [1.54, 1.807) is 13.0 Å². The summed E-state index contributed by atoms with van der Waals surface area (Å²) in [5, 5.41) is 10.9. The Bertz CT molecular complexity index is 503. The number of rotatable bonds is 7. The van der Waals surface area contributed by atoms with Crippen LogP contribution in [0.2, 0.25) is 0 Å². The lowest BCUT2D eigenvalue weighted by Crippen LogP contribution is -2.29. The number of carbonyl (C=O) groups excluding carboxylic acids is 1. The van der Waals surface area contributed by atoms with E-state index in [9.17, 15) is 14.9 Å². The maximum atomic E-state index is 10.9. The van der Waals surface area contributed by atoms with Gasteiger partial charge in [0, 0.05) is 12.0 Å². The number of ether oxygens (including phenoxy) is 1. The first-order valence-corrected chi connectivity index (χ1v) is 6.33. The summed E-state index contributed by atoms with van der Waals surface area (Å²) in [6.45, 7) is 3.94. The Morgan fingerprint density at radius 2 is 2.05 bits per heavy atom. The van der Waals surface area contributed by atoms with Crippen LogP contribution in [0, 0.1) is 24.0 Å². The molecule has 20 heavy (non-hydrogen) atoms. The molecule has 0 bridgehead atoms. The number of hydrogen-bond donors (Lipinski definition) is 2. The summed E-state index contributed by atoms with van der Waals surface area (Å²) in [6, 6.07) is 3.17. The summed E-state index contributed by atoms with van der Waals surface area (Å²) in [5.41, 5.74) is 3.57. The molecule has 1 amide bonds. The van der Waals surface area contributed by atoms with E-state index in [0.29, 0.717) is 37.2 Å². The van der Waals surface area contributed by atoms with Crippen LogP contribution >= 0.6 is 0 Å². The van der Waals surface area contributed by atoms with E-state index in [0.717, 1.165) is 5.56 Å². The molecule has 0 aliphatic heterocycles. The fraction of sp³-hybridized carbons (Fsp3) is 0.462. The normalized spacial score (nSPS) is 10.2. The van der Waals surface area contributed by atoms with E-state index in [1.165, 1.54) is 6.07 Å². The van der Waals surface area contributed by atoms with Crippen molar-refractivity contribution >= 4 is 11.6 Å². The predicted octanol–water partition coefficient (Wildman–Crippen LogP) is 1.75. The summed E-state index contributed by atoms with van der Waals surface area (Å²) < 4.78 is 5.53. The Kier molecular flexibility index (Phi) is 5.92. The molecule has 0 aromatic heterocycles. The van der Waals surface area contributed by atoms with Crippen LogP contribution in [0.4, 0.5) is 5.69 Å². The van der Waals surface area contributed by atoms with Gasteiger partial charge in [0.15, 0.2) is 0 Å². The van der Waals surface area contributed by atoms with E-state index >= 15 is 0 Å². The predicted molar refractivity (Wildman–Crippen MR) is 74.2 cm³/mol. The number of unbranched alkanes of at least 4 members (excludes halogenated alkanes) is 1. The number of nitro groups is 1. The van der Waals surface area contributed by atoms with Crippen LogP contribution in [0.1, 0.15) is 30.4 Å². The molecular formula is C13H19N3O4. The van der Waals surface area contributed by atoms with Crippen LogP contribution < -0.4 is 16.0 Å². The largest absolute Gasteiger partial charge is 0.493 e. The maximum absolute atomic E-state index is 10.9. The van der Waals surface area contributed by atoms with Crippen LogP contribution in [0.25, 0.3) is 0 Å². The number of hydrazine groups is 1. The Morgan fingerprint density at radius 1 is 1.35 bits per heavy atom. The van der Waals surface area contributed by atoms with Gasteiger partial charge in [-0.2, -0.15) is 0 Å². The summed E-state index contributed by atoms with van der Waals surface area (Å²) in [4.78, 5) is 21.3. The number of carbonyl (C=O) groups is 1. The lowest BCUT2D eigenvalue weighted by atomic mass is 10.1. The van der Waals surface area contributed by atoms with Crippen LogP contribution in [0.3, 0.4) is 0 Å². The van der Waals surface area contributed by atoms with Crippen LogP contribution in [0.5, 0.6) is 5.75 Å². The highest BCUT2D eigenvalue weighted by Gasteiger charge is 2.14. The standard InChI is InChI=1S/C13H19N3O4/c1-9-7-10(2)12(8-11(9)16(18)19)20-6-4-3-5-13(17)15-14/h7-8H,3-6,14H2,1-2H3,(H,15,17). The molecule has 110 valence electrons. The van der Waals surface area contributed by atoms with Gasteiger partial charge in [-0.25, -0.2) is 5.84 Å². The van der Waals surface area contributed by atoms with Gasteiger partial charge in [-0.15, -0.1) is 0 Å². The zero-order chi connectivity index (χ0) is 15.1. The van der Waals surface area contributed by atoms with Crippen molar-refractivity contribution in [2.75, 3.05) is 6.61 Å². The van der Waals surface area contributed by atoms with Crippen LogP contribution in [-0.4, -0.2) is 17.4 Å². The van der Waals surface area contributed by atoms with E-state index in [2.05, 4.69) is 5.43 Å². The lowest BCUT2D eigenvalue weighted by molar-refractivity contribution is -0.385. The Labute approximate surface area is 117 Å². The van der Waals surface area contributed by atoms with E-state index in [4.69, 9.17) is 10.6 Å². The third-order valence-electron chi connectivity index (χ3n) is 2.91. The zero-order valence-electron chi connectivity index (χ0n) is 11.6. The minimum atomic E-state index is -0.423. The number of benzene rings is 1. The first-order chi connectivity index (χ1) is 9.45. The highest BCUT2D eigenvalue weighted by Crippen LogP contribution is 2.28. The highest BCUT2D eigenvalue weighted by atomic mass is 16.6. The minimum absolute atomic E-state index is 0.0492. The monoisotopic (exact) mass is 281 g/mol. The van der Waals surface area contributed by atoms with Crippen molar-refractivity contribution in [3.8, 4) is 5.75 Å². The van der Waals surface area contributed by atoms with Crippen molar-refractivity contribution in [2.24, 2.45) is 5.84 Å². The maximum Gasteiger partial charge on any atom is 0.276 e. The Morgan fingerprint density at radius 3 is 2.65 bits per heavy atom. The molecule has 1 aromatic carbocycles. The lowest BCUT2D eigenvalue weighted by Gasteiger charge is -2.10. The van der Waals surface area contributed by atoms with E-state index in [1.807, 2.05) is 6.92 Å². The van der Waals surface area contributed by atoms with Crippen molar-refractivity contribution in [3.05, 3.63) is 33.4 Å². The van der Waals surface area contributed by atoms with Gasteiger partial charge in [-0.1, -0.05) is 0 Å². The molecule has 1 rings (SSSR count). The van der Waals surface area contributed by atoms with Gasteiger partial charge in [-0.3, -0.25) is 20.3 Å². The molecule has 3 N–H and O–H groups in total. The third-order valence-corrected chi connectivity index (χ3v) is 2.91. The van der Waals surface area contributed by atoms with Crippen LogP contribution in [0.15, 0.2) is 12.1 Å². The number of nitrogens with zero attached hydrogens (tertiary/aromatic N) is 1. The molecular weight excluding hydrogens is 262 g/mol. The van der Waals surface area contributed by atoms with Crippen molar-refractivity contribution in [1.82, 2.24) is 5.43 Å². The average Bonchev–Trinajstić information content (AvgIpc) is 2.39. The highest BCUT2D eigenvalue weighted by molar-refractivity contribution is 5.75. The van der Waals surface area contributed by atoms with Gasteiger partial charge in [0.2, 0.25) is 5.91 Å². The fourth-order valence-electron chi connectivity index (χ4n) is 1.82. The van der Waals surface area contributed by atoms with Crippen molar-refractivity contribution < 1.29 is 14.5 Å². The smallest absolute Gasteiger partial charge is 0.276 e. The van der Waals surface area contributed by atoms with Gasteiger partial charge in [-0.05, 0) is 38.3 Å². The Hall–Kier alpha value is -2.15. The number of nitro benzene ring substituents is 1. The van der Waals surface area contributed by atoms with Crippen molar-refractivity contribution in [1.29, 1.82) is 0 Å². The number of aryl methyl sites for hydroxylation is 2. The quantitative estimate of drug-likeness (QED) is 0.260. The van der Waals surface area contributed by atoms with Gasteiger partial charge in [0.25, 0.3) is 5.69 Å². The molecule has 7 heteroatoms. The van der Waals surface area contributed by atoms with Crippen LogP contribution in [-0.2, 0) is 4.79 Å². The molecule has 0 spiro atoms. The molecule has 7 nitrogen and oxygen atoms in total. The second kappa shape index (κ2) is 7.44. The summed E-state index contributed by atoms with van der Waals surface area (Å²) >= 11 is 0. The number of amides is 1. The molecule has 1 aromatic rings. The Balaban J connectivity index is 2.53. The first kappa shape index (κ1) is 15.9. The molecule has 0 aliphatic carbocycles. The summed E-state index contributed by atoms with van der Waals surface area (Å²) in [7, 11) is 0. The minimum Gasteiger partial charge on any atom is -0.493 e. The van der Waals surface area contributed by atoms with E-state index in [-0.39, 0.29) is 11.6 Å². The van der Waals surface area contributed by atoms with Gasteiger partial charge < -0.3 is 4.74 Å². The number of nitrogens with two attached hydrogens (primary N) is 1. The number of nitrogens with one attached hydrogen (secondary N) is 1. The third kappa shape index (κ3) is 4.51. The molecule has 0 heterocycles.